The van der Waals surface area contributed by atoms with E-state index in [2.05, 4.69) is 61.6 Å². The lowest BCUT2D eigenvalue weighted by molar-refractivity contribution is -0.0210. The van der Waals surface area contributed by atoms with E-state index < -0.39 is 6.10 Å². The predicted octanol–water partition coefficient (Wildman–Crippen LogP) is 6.59. The van der Waals surface area contributed by atoms with Crippen molar-refractivity contribution in [3.63, 3.8) is 0 Å². The molecule has 2 N–H and O–H groups in total. The van der Waals surface area contributed by atoms with Gasteiger partial charge in [0.05, 0.1) is 18.8 Å². The highest BCUT2D eigenvalue weighted by Gasteiger charge is 2.36. The Kier molecular flexibility index (Phi) is 7.44. The molecule has 0 spiro atoms. The monoisotopic (exact) mass is 471 g/mol. The number of hydrogen-bond acceptors (Lipinski definition) is 3. The maximum atomic E-state index is 10.6. The van der Waals surface area contributed by atoms with Gasteiger partial charge in [-0.2, -0.15) is 0 Å². The Labute approximate surface area is 200 Å². The maximum absolute atomic E-state index is 10.6. The molecule has 0 radical (unpaired) electrons. The van der Waals surface area contributed by atoms with Gasteiger partial charge in [-0.25, -0.2) is 0 Å². The number of β-amino-alcohol motifs (C(OH)–C–C–N with tert-alkyl or cyclic N) is 1. The van der Waals surface area contributed by atoms with E-state index in [1.165, 1.54) is 16.3 Å². The lowest BCUT2D eigenvalue weighted by Crippen LogP contribution is -2.46. The van der Waals surface area contributed by atoms with Gasteiger partial charge in [0.2, 0.25) is 0 Å². The van der Waals surface area contributed by atoms with Gasteiger partial charge in [0.15, 0.2) is 0 Å². The normalized spacial score (nSPS) is 16.3. The van der Waals surface area contributed by atoms with E-state index in [0.717, 1.165) is 24.8 Å². The van der Waals surface area contributed by atoms with Crippen LogP contribution in [0.2, 0.25) is 10.0 Å². The van der Waals surface area contributed by atoms with Crippen LogP contribution in [0.5, 0.6) is 0 Å². The molecule has 2 atom stereocenters. The molecule has 0 aromatic heterocycles. The summed E-state index contributed by atoms with van der Waals surface area (Å²) in [5, 5.41) is 17.9. The zero-order chi connectivity index (χ0) is 22.7. The van der Waals surface area contributed by atoms with Crippen LogP contribution < -0.4 is 5.32 Å². The van der Waals surface area contributed by atoms with Crippen LogP contribution in [0, 0.1) is 5.92 Å². The van der Waals surface area contributed by atoms with Gasteiger partial charge in [0, 0.05) is 27.7 Å². The maximum Gasteiger partial charge on any atom is 0.0898 e. The van der Waals surface area contributed by atoms with Gasteiger partial charge < -0.3 is 15.2 Å². The standard InChI is InChI=1S/C27H31Cl2NO2/c1-27(2,15-18-10-11-19-6-3-4-7-21(19)14-18)30-16-22(31)17-32-26(20-12-13-20)25-23(28)8-5-9-24(25)29/h3-11,14,20,22,26,30-31H,12-13,15-17H2,1-2H3/t22-,26?/m1/s1. The van der Waals surface area contributed by atoms with Crippen LogP contribution in [-0.2, 0) is 11.2 Å². The molecule has 1 aliphatic carbocycles. The Hall–Kier alpha value is -1.62. The van der Waals surface area contributed by atoms with Crippen molar-refractivity contribution in [2.45, 2.75) is 50.9 Å². The Morgan fingerprint density at radius 3 is 2.38 bits per heavy atom. The average Bonchev–Trinajstić information content (AvgIpc) is 3.59. The second-order valence-corrected chi connectivity index (χ2v) is 10.3. The number of aliphatic hydroxyl groups is 1. The molecule has 3 aromatic rings. The average molecular weight is 472 g/mol. The van der Waals surface area contributed by atoms with Crippen LogP contribution in [0.3, 0.4) is 0 Å². The van der Waals surface area contributed by atoms with E-state index in [-0.39, 0.29) is 18.2 Å². The zero-order valence-electron chi connectivity index (χ0n) is 18.7. The highest BCUT2D eigenvalue weighted by Crippen LogP contribution is 2.47. The summed E-state index contributed by atoms with van der Waals surface area (Å²) in [5.74, 6) is 0.414. The van der Waals surface area contributed by atoms with Crippen molar-refractivity contribution >= 4 is 34.0 Å². The van der Waals surface area contributed by atoms with Crippen molar-refractivity contribution in [1.82, 2.24) is 5.32 Å². The van der Waals surface area contributed by atoms with E-state index in [1.807, 2.05) is 18.2 Å². The number of halogens is 2. The van der Waals surface area contributed by atoms with Gasteiger partial charge in [-0.05, 0) is 67.5 Å². The smallest absolute Gasteiger partial charge is 0.0898 e. The lowest BCUT2D eigenvalue weighted by atomic mass is 9.93. The minimum atomic E-state index is -0.617. The molecule has 1 aliphatic rings. The summed E-state index contributed by atoms with van der Waals surface area (Å²) in [6.45, 7) is 5.01. The Morgan fingerprint density at radius 1 is 1.00 bits per heavy atom. The van der Waals surface area contributed by atoms with Crippen LogP contribution in [0.1, 0.15) is 43.9 Å². The Morgan fingerprint density at radius 2 is 1.69 bits per heavy atom. The summed E-state index contributed by atoms with van der Waals surface area (Å²) < 4.78 is 6.15. The largest absolute Gasteiger partial charge is 0.389 e. The zero-order valence-corrected chi connectivity index (χ0v) is 20.2. The number of ether oxygens (including phenoxy) is 1. The molecular weight excluding hydrogens is 441 g/mol. The fraction of sp³-hybridized carbons (Fsp3) is 0.407. The molecule has 1 fully saturated rings. The molecule has 0 heterocycles. The van der Waals surface area contributed by atoms with E-state index >= 15 is 0 Å². The van der Waals surface area contributed by atoms with Crippen molar-refractivity contribution in [3.05, 3.63) is 81.8 Å². The number of fused-ring (bicyclic) bond motifs is 1. The molecule has 170 valence electrons. The van der Waals surface area contributed by atoms with Crippen LogP contribution in [0.25, 0.3) is 10.8 Å². The quantitative estimate of drug-likeness (QED) is 0.350. The molecule has 32 heavy (non-hydrogen) atoms. The van der Waals surface area contributed by atoms with Gasteiger partial charge in [0.1, 0.15) is 0 Å². The van der Waals surface area contributed by atoms with Crippen molar-refractivity contribution in [2.75, 3.05) is 13.2 Å². The number of aliphatic hydroxyl groups excluding tert-OH is 1. The van der Waals surface area contributed by atoms with Gasteiger partial charge >= 0.3 is 0 Å². The molecule has 0 amide bonds. The summed E-state index contributed by atoms with van der Waals surface area (Å²) in [5.41, 5.74) is 1.95. The highest BCUT2D eigenvalue weighted by molar-refractivity contribution is 6.36. The predicted molar refractivity (Wildman–Crippen MR) is 134 cm³/mol. The fourth-order valence-corrected chi connectivity index (χ4v) is 4.84. The van der Waals surface area contributed by atoms with Crippen molar-refractivity contribution in [1.29, 1.82) is 0 Å². The van der Waals surface area contributed by atoms with Gasteiger partial charge in [0.25, 0.3) is 0 Å². The minimum Gasteiger partial charge on any atom is -0.389 e. The molecule has 3 nitrogen and oxygen atoms in total. The van der Waals surface area contributed by atoms with Crippen molar-refractivity contribution < 1.29 is 9.84 Å². The summed E-state index contributed by atoms with van der Waals surface area (Å²) in [7, 11) is 0. The first-order valence-corrected chi connectivity index (χ1v) is 12.0. The van der Waals surface area contributed by atoms with Crippen LogP contribution in [0.15, 0.2) is 60.7 Å². The first kappa shape index (κ1) is 23.5. The first-order valence-electron chi connectivity index (χ1n) is 11.3. The molecule has 5 heteroatoms. The van der Waals surface area contributed by atoms with Crippen molar-refractivity contribution in [2.24, 2.45) is 5.92 Å². The van der Waals surface area contributed by atoms with Crippen LogP contribution >= 0.6 is 23.2 Å². The van der Waals surface area contributed by atoms with Gasteiger partial charge in [-0.1, -0.05) is 71.7 Å². The summed E-state index contributed by atoms with van der Waals surface area (Å²) in [6.07, 6.45) is 2.27. The second kappa shape index (κ2) is 10.1. The van der Waals surface area contributed by atoms with E-state index in [0.29, 0.717) is 22.5 Å². The molecule has 0 aliphatic heterocycles. The van der Waals surface area contributed by atoms with Gasteiger partial charge in [-0.3, -0.25) is 0 Å². The fourth-order valence-electron chi connectivity index (χ4n) is 4.23. The molecule has 1 saturated carbocycles. The minimum absolute atomic E-state index is 0.161. The number of hydrogen-bond donors (Lipinski definition) is 2. The topological polar surface area (TPSA) is 41.5 Å². The summed E-state index contributed by atoms with van der Waals surface area (Å²) in [4.78, 5) is 0. The summed E-state index contributed by atoms with van der Waals surface area (Å²) in [6, 6.07) is 20.5. The lowest BCUT2D eigenvalue weighted by Gasteiger charge is -2.29. The Balaban J connectivity index is 1.31. The molecule has 4 rings (SSSR count). The van der Waals surface area contributed by atoms with E-state index in [4.69, 9.17) is 27.9 Å². The number of nitrogens with one attached hydrogen (secondary N) is 1. The third kappa shape index (κ3) is 6.03. The SMILES string of the molecule is CC(C)(Cc1ccc2ccccc2c1)NC[C@@H](O)COC(c1c(Cl)cccc1Cl)C1CC1. The molecule has 1 unspecified atom stereocenters. The van der Waals surface area contributed by atoms with Crippen LogP contribution in [0.4, 0.5) is 0 Å². The number of rotatable bonds is 10. The number of benzene rings is 3. The van der Waals surface area contributed by atoms with Crippen molar-refractivity contribution in [3.8, 4) is 0 Å². The molecular formula is C27H31Cl2NO2. The summed E-state index contributed by atoms with van der Waals surface area (Å²) >= 11 is 12.8. The molecule has 0 saturated heterocycles. The highest BCUT2D eigenvalue weighted by atomic mass is 35.5. The second-order valence-electron chi connectivity index (χ2n) is 9.50. The van der Waals surface area contributed by atoms with E-state index in [1.54, 1.807) is 0 Å². The first-order chi connectivity index (χ1) is 15.3. The molecule has 3 aromatic carbocycles. The third-order valence-corrected chi connectivity index (χ3v) is 6.74. The molecule has 0 bridgehead atoms. The van der Waals surface area contributed by atoms with Gasteiger partial charge in [-0.15, -0.1) is 0 Å². The Bertz CT molecular complexity index is 1040. The van der Waals surface area contributed by atoms with E-state index in [9.17, 15) is 5.11 Å². The van der Waals surface area contributed by atoms with Crippen LogP contribution in [-0.4, -0.2) is 29.9 Å². The third-order valence-electron chi connectivity index (χ3n) is 6.08.